The molecule has 1 aromatic rings. The lowest BCUT2D eigenvalue weighted by atomic mass is 10.0. The summed E-state index contributed by atoms with van der Waals surface area (Å²) >= 11 is 0. The monoisotopic (exact) mass is 277 g/mol. The van der Waals surface area contributed by atoms with Gasteiger partial charge in [-0.1, -0.05) is 12.1 Å². The maximum Gasteiger partial charge on any atom is 0.317 e. The van der Waals surface area contributed by atoms with Gasteiger partial charge in [-0.25, -0.2) is 9.18 Å². The first-order chi connectivity index (χ1) is 9.72. The van der Waals surface area contributed by atoms with Gasteiger partial charge in [0.25, 0.3) is 0 Å². The van der Waals surface area contributed by atoms with Gasteiger partial charge in [0.2, 0.25) is 0 Å². The molecular formula is C15H20FN3O. The number of likely N-dealkylation sites (tertiary alicyclic amines) is 1. The fourth-order valence-corrected chi connectivity index (χ4v) is 3.07. The summed E-state index contributed by atoms with van der Waals surface area (Å²) in [5.74, 6) is -0.187. The van der Waals surface area contributed by atoms with E-state index in [1.807, 2.05) is 17.0 Å². The molecule has 2 aliphatic rings. The molecule has 0 spiro atoms. The van der Waals surface area contributed by atoms with E-state index in [4.69, 9.17) is 0 Å². The van der Waals surface area contributed by atoms with Crippen molar-refractivity contribution >= 4 is 6.03 Å². The number of benzene rings is 1. The van der Waals surface area contributed by atoms with E-state index in [0.717, 1.165) is 51.1 Å². The van der Waals surface area contributed by atoms with Crippen LogP contribution < -0.4 is 5.32 Å². The number of nitrogens with zero attached hydrogens (tertiary/aromatic N) is 2. The Bertz CT molecular complexity index is 469. The van der Waals surface area contributed by atoms with Gasteiger partial charge in [0.1, 0.15) is 5.82 Å². The molecule has 3 rings (SSSR count). The zero-order valence-corrected chi connectivity index (χ0v) is 11.5. The Morgan fingerprint density at radius 3 is 2.45 bits per heavy atom. The van der Waals surface area contributed by atoms with Gasteiger partial charge in [0.05, 0.1) is 0 Å². The smallest absolute Gasteiger partial charge is 0.317 e. The van der Waals surface area contributed by atoms with Crippen molar-refractivity contribution in [2.24, 2.45) is 0 Å². The highest BCUT2D eigenvalue weighted by Crippen LogP contribution is 2.19. The molecule has 0 radical (unpaired) electrons. The Balaban J connectivity index is 1.51. The third-order valence-electron chi connectivity index (χ3n) is 4.21. The fourth-order valence-electron chi connectivity index (χ4n) is 3.07. The molecule has 2 amide bonds. The topological polar surface area (TPSA) is 35.6 Å². The van der Waals surface area contributed by atoms with Crippen molar-refractivity contribution in [3.8, 4) is 0 Å². The number of hydrogen-bond acceptors (Lipinski definition) is 2. The van der Waals surface area contributed by atoms with Gasteiger partial charge >= 0.3 is 6.03 Å². The summed E-state index contributed by atoms with van der Waals surface area (Å²) in [5.41, 5.74) is 1.14. The Labute approximate surface area is 118 Å². The minimum absolute atomic E-state index is 0.0852. The van der Waals surface area contributed by atoms with Crippen LogP contribution in [0.15, 0.2) is 24.3 Å². The predicted octanol–water partition coefficient (Wildman–Crippen LogP) is 1.82. The average molecular weight is 277 g/mol. The Kier molecular flexibility index (Phi) is 3.87. The number of piperidine rings is 1. The van der Waals surface area contributed by atoms with E-state index in [0.29, 0.717) is 6.04 Å². The van der Waals surface area contributed by atoms with Crippen LogP contribution >= 0.6 is 0 Å². The Morgan fingerprint density at radius 2 is 1.85 bits per heavy atom. The van der Waals surface area contributed by atoms with Crippen LogP contribution in [-0.2, 0) is 6.54 Å². The van der Waals surface area contributed by atoms with Crippen LogP contribution in [-0.4, -0.2) is 48.1 Å². The van der Waals surface area contributed by atoms with Crippen LogP contribution in [0.1, 0.15) is 18.4 Å². The second-order valence-electron chi connectivity index (χ2n) is 5.56. The number of nitrogens with one attached hydrogen (secondary N) is 1. The third kappa shape index (κ3) is 2.93. The molecule has 2 saturated heterocycles. The normalized spacial score (nSPS) is 21.2. The lowest BCUT2D eigenvalue weighted by Crippen LogP contribution is -2.45. The molecule has 0 saturated carbocycles. The number of rotatable bonds is 3. The quantitative estimate of drug-likeness (QED) is 0.914. The number of carbonyl (C=O) groups excluding carboxylic acids is 1. The van der Waals surface area contributed by atoms with Crippen LogP contribution in [0.5, 0.6) is 0 Å². The van der Waals surface area contributed by atoms with Crippen molar-refractivity contribution in [2.75, 3.05) is 26.2 Å². The second-order valence-corrected chi connectivity index (χ2v) is 5.56. The highest BCUT2D eigenvalue weighted by atomic mass is 19.1. The maximum atomic E-state index is 12.9. The number of urea groups is 1. The third-order valence-corrected chi connectivity index (χ3v) is 4.21. The molecule has 2 heterocycles. The van der Waals surface area contributed by atoms with Crippen molar-refractivity contribution in [2.45, 2.75) is 25.4 Å². The number of halogens is 1. The van der Waals surface area contributed by atoms with Gasteiger partial charge in [0, 0.05) is 38.8 Å². The highest BCUT2D eigenvalue weighted by Gasteiger charge is 2.30. The standard InChI is InChI=1S/C15H20FN3O/c16-13-3-1-12(2-4-13)11-18-8-5-14(6-9-18)19-10-7-17-15(19)20/h1-4,14H,5-11H2,(H,17,20). The molecule has 1 aromatic carbocycles. The molecule has 0 unspecified atom stereocenters. The van der Waals surface area contributed by atoms with Crippen LogP contribution in [0.3, 0.4) is 0 Å². The van der Waals surface area contributed by atoms with Crippen LogP contribution in [0.2, 0.25) is 0 Å². The molecule has 5 heteroatoms. The molecule has 0 aromatic heterocycles. The van der Waals surface area contributed by atoms with Crippen molar-refractivity contribution in [1.29, 1.82) is 0 Å². The first kappa shape index (κ1) is 13.4. The Hall–Kier alpha value is -1.62. The second kappa shape index (κ2) is 5.79. The molecule has 0 bridgehead atoms. The summed E-state index contributed by atoms with van der Waals surface area (Å²) in [6, 6.07) is 7.17. The summed E-state index contributed by atoms with van der Waals surface area (Å²) in [4.78, 5) is 16.0. The summed E-state index contributed by atoms with van der Waals surface area (Å²) in [5, 5.41) is 2.86. The molecule has 2 fully saturated rings. The summed E-state index contributed by atoms with van der Waals surface area (Å²) in [7, 11) is 0. The van der Waals surface area contributed by atoms with E-state index in [1.165, 1.54) is 12.1 Å². The maximum absolute atomic E-state index is 12.9. The van der Waals surface area contributed by atoms with E-state index >= 15 is 0 Å². The Morgan fingerprint density at radius 1 is 1.15 bits per heavy atom. The molecule has 20 heavy (non-hydrogen) atoms. The predicted molar refractivity (Wildman–Crippen MR) is 74.8 cm³/mol. The number of hydrogen-bond donors (Lipinski definition) is 1. The fraction of sp³-hybridized carbons (Fsp3) is 0.533. The SMILES string of the molecule is O=C1NCCN1C1CCN(Cc2ccc(F)cc2)CC1. The largest absolute Gasteiger partial charge is 0.336 e. The van der Waals surface area contributed by atoms with Crippen molar-refractivity contribution in [3.63, 3.8) is 0 Å². The van der Waals surface area contributed by atoms with E-state index in [-0.39, 0.29) is 11.8 Å². The number of carbonyl (C=O) groups is 1. The molecule has 1 N–H and O–H groups in total. The molecule has 0 aliphatic carbocycles. The molecule has 2 aliphatic heterocycles. The number of amides is 2. The molecule has 108 valence electrons. The van der Waals surface area contributed by atoms with Crippen LogP contribution in [0, 0.1) is 5.82 Å². The van der Waals surface area contributed by atoms with Crippen molar-refractivity contribution < 1.29 is 9.18 Å². The highest BCUT2D eigenvalue weighted by molar-refractivity contribution is 5.76. The van der Waals surface area contributed by atoms with Crippen molar-refractivity contribution in [3.05, 3.63) is 35.6 Å². The summed E-state index contributed by atoms with van der Waals surface area (Å²) in [6.07, 6.45) is 2.04. The minimum atomic E-state index is -0.187. The molecule has 0 atom stereocenters. The molecular weight excluding hydrogens is 257 g/mol. The van der Waals surface area contributed by atoms with Crippen molar-refractivity contribution in [1.82, 2.24) is 15.1 Å². The van der Waals surface area contributed by atoms with Gasteiger partial charge < -0.3 is 10.2 Å². The minimum Gasteiger partial charge on any atom is -0.336 e. The summed E-state index contributed by atoms with van der Waals surface area (Å²) < 4.78 is 12.9. The van der Waals surface area contributed by atoms with Crippen LogP contribution in [0.4, 0.5) is 9.18 Å². The lowest BCUT2D eigenvalue weighted by Gasteiger charge is -2.36. The zero-order chi connectivity index (χ0) is 13.9. The average Bonchev–Trinajstić information content (AvgIpc) is 2.89. The van der Waals surface area contributed by atoms with Gasteiger partial charge in [-0.15, -0.1) is 0 Å². The van der Waals surface area contributed by atoms with E-state index < -0.39 is 0 Å². The lowest BCUT2D eigenvalue weighted by molar-refractivity contribution is 0.132. The summed E-state index contributed by atoms with van der Waals surface area (Å²) in [6.45, 7) is 4.45. The van der Waals surface area contributed by atoms with Gasteiger partial charge in [0.15, 0.2) is 0 Å². The molecule has 4 nitrogen and oxygen atoms in total. The van der Waals surface area contributed by atoms with Gasteiger partial charge in [-0.05, 0) is 30.5 Å². The van der Waals surface area contributed by atoms with E-state index in [9.17, 15) is 9.18 Å². The van der Waals surface area contributed by atoms with Gasteiger partial charge in [-0.2, -0.15) is 0 Å². The van der Waals surface area contributed by atoms with Gasteiger partial charge in [-0.3, -0.25) is 4.90 Å². The van der Waals surface area contributed by atoms with E-state index in [1.54, 1.807) is 0 Å². The van der Waals surface area contributed by atoms with Crippen LogP contribution in [0.25, 0.3) is 0 Å². The first-order valence-electron chi connectivity index (χ1n) is 7.23. The first-order valence-corrected chi connectivity index (χ1v) is 7.23. The van der Waals surface area contributed by atoms with E-state index in [2.05, 4.69) is 10.2 Å². The zero-order valence-electron chi connectivity index (χ0n) is 11.5.